The van der Waals surface area contributed by atoms with Crippen LogP contribution in [0.15, 0.2) is 24.3 Å². The van der Waals surface area contributed by atoms with Gasteiger partial charge >= 0.3 is 5.97 Å². The van der Waals surface area contributed by atoms with E-state index in [1.54, 1.807) is 7.11 Å². The van der Waals surface area contributed by atoms with Crippen molar-refractivity contribution in [3.05, 3.63) is 34.8 Å². The fraction of sp³-hybridized carbons (Fsp3) is 0.231. The molecule has 0 fully saturated rings. The van der Waals surface area contributed by atoms with Crippen molar-refractivity contribution in [3.63, 3.8) is 0 Å². The number of aliphatic carboxylic acids is 1. The smallest absolute Gasteiger partial charge is 0.308 e. The van der Waals surface area contributed by atoms with Crippen molar-refractivity contribution in [1.82, 2.24) is 4.98 Å². The molecule has 0 atom stereocenters. The van der Waals surface area contributed by atoms with Crippen LogP contribution in [-0.2, 0) is 11.2 Å². The van der Waals surface area contributed by atoms with Gasteiger partial charge in [0, 0.05) is 10.4 Å². The van der Waals surface area contributed by atoms with E-state index in [-0.39, 0.29) is 6.42 Å². The SMILES string of the molecule is COc1cccc(-c2nc(C)c(CC(=O)O)s2)c1. The van der Waals surface area contributed by atoms with Crippen LogP contribution in [0, 0.1) is 6.92 Å². The number of carboxylic acid groups (broad SMARTS) is 1. The molecule has 0 bridgehead atoms. The summed E-state index contributed by atoms with van der Waals surface area (Å²) in [6.07, 6.45) is 0.0213. The number of benzene rings is 1. The minimum absolute atomic E-state index is 0.0213. The van der Waals surface area contributed by atoms with Crippen LogP contribution in [0.25, 0.3) is 10.6 Å². The number of methoxy groups -OCH3 is 1. The number of carboxylic acids is 1. The van der Waals surface area contributed by atoms with Crippen molar-refractivity contribution >= 4 is 17.3 Å². The minimum atomic E-state index is -0.834. The lowest BCUT2D eigenvalue weighted by Crippen LogP contribution is -1.99. The Kier molecular flexibility index (Phi) is 3.62. The first-order valence-electron chi connectivity index (χ1n) is 5.42. The van der Waals surface area contributed by atoms with E-state index in [2.05, 4.69) is 4.98 Å². The maximum absolute atomic E-state index is 10.7. The summed E-state index contributed by atoms with van der Waals surface area (Å²) in [6.45, 7) is 1.83. The first kappa shape index (κ1) is 12.6. The zero-order valence-corrected chi connectivity index (χ0v) is 11.0. The Hall–Kier alpha value is -1.88. The second kappa shape index (κ2) is 5.18. The Morgan fingerprint density at radius 2 is 2.28 bits per heavy atom. The van der Waals surface area contributed by atoms with E-state index in [4.69, 9.17) is 9.84 Å². The number of hydrogen-bond acceptors (Lipinski definition) is 4. The summed E-state index contributed by atoms with van der Waals surface area (Å²) < 4.78 is 5.16. The van der Waals surface area contributed by atoms with Gasteiger partial charge in [0.2, 0.25) is 0 Å². The quantitative estimate of drug-likeness (QED) is 0.921. The van der Waals surface area contributed by atoms with Gasteiger partial charge in [0.05, 0.1) is 19.2 Å². The predicted octanol–water partition coefficient (Wildman–Crippen LogP) is 2.75. The molecular weight excluding hydrogens is 250 g/mol. The fourth-order valence-electron chi connectivity index (χ4n) is 1.61. The molecule has 18 heavy (non-hydrogen) atoms. The highest BCUT2D eigenvalue weighted by Crippen LogP contribution is 2.30. The highest BCUT2D eigenvalue weighted by atomic mass is 32.1. The van der Waals surface area contributed by atoms with Gasteiger partial charge in [-0.05, 0) is 19.1 Å². The molecule has 0 aliphatic carbocycles. The zero-order valence-electron chi connectivity index (χ0n) is 10.1. The summed E-state index contributed by atoms with van der Waals surface area (Å²) in [4.78, 5) is 15.9. The second-order valence-electron chi connectivity index (χ2n) is 3.83. The molecule has 2 aromatic rings. The summed E-state index contributed by atoms with van der Waals surface area (Å²) in [5.41, 5.74) is 1.72. The van der Waals surface area contributed by atoms with Crippen molar-refractivity contribution in [2.45, 2.75) is 13.3 Å². The average molecular weight is 263 g/mol. The van der Waals surface area contributed by atoms with Gasteiger partial charge in [0.25, 0.3) is 0 Å². The highest BCUT2D eigenvalue weighted by molar-refractivity contribution is 7.15. The topological polar surface area (TPSA) is 59.4 Å². The minimum Gasteiger partial charge on any atom is -0.497 e. The second-order valence-corrected chi connectivity index (χ2v) is 4.91. The molecule has 0 unspecified atom stereocenters. The molecule has 1 aromatic heterocycles. The van der Waals surface area contributed by atoms with Crippen molar-refractivity contribution < 1.29 is 14.6 Å². The van der Waals surface area contributed by atoms with E-state index in [0.29, 0.717) is 0 Å². The number of aryl methyl sites for hydroxylation is 1. The molecule has 4 nitrogen and oxygen atoms in total. The molecule has 1 aromatic carbocycles. The van der Waals surface area contributed by atoms with E-state index in [0.717, 1.165) is 26.9 Å². The maximum Gasteiger partial charge on any atom is 0.308 e. The summed E-state index contributed by atoms with van der Waals surface area (Å²) >= 11 is 1.41. The van der Waals surface area contributed by atoms with E-state index < -0.39 is 5.97 Å². The number of rotatable bonds is 4. The largest absolute Gasteiger partial charge is 0.497 e. The van der Waals surface area contributed by atoms with Crippen LogP contribution in [0.1, 0.15) is 10.6 Å². The van der Waals surface area contributed by atoms with Crippen LogP contribution >= 0.6 is 11.3 Å². The Balaban J connectivity index is 2.35. The van der Waals surface area contributed by atoms with Crippen molar-refractivity contribution in [2.24, 2.45) is 0 Å². The number of ether oxygens (including phenoxy) is 1. The third-order valence-electron chi connectivity index (χ3n) is 2.52. The Morgan fingerprint density at radius 3 is 2.94 bits per heavy atom. The molecule has 1 heterocycles. The Morgan fingerprint density at radius 1 is 1.50 bits per heavy atom. The lowest BCUT2D eigenvalue weighted by molar-refractivity contribution is -0.136. The van der Waals surface area contributed by atoms with Crippen molar-refractivity contribution in [2.75, 3.05) is 7.11 Å². The van der Waals surface area contributed by atoms with Gasteiger partial charge in [0.1, 0.15) is 10.8 Å². The van der Waals surface area contributed by atoms with Gasteiger partial charge < -0.3 is 9.84 Å². The third-order valence-corrected chi connectivity index (χ3v) is 3.73. The number of thiazole rings is 1. The molecule has 0 radical (unpaired) electrons. The Labute approximate surface area is 109 Å². The molecule has 0 amide bonds. The van der Waals surface area contributed by atoms with Gasteiger partial charge in [-0.1, -0.05) is 12.1 Å². The summed E-state index contributed by atoms with van der Waals surface area (Å²) in [5, 5.41) is 9.63. The molecule has 1 N–H and O–H groups in total. The molecule has 0 aliphatic heterocycles. The predicted molar refractivity (Wildman–Crippen MR) is 70.2 cm³/mol. The third kappa shape index (κ3) is 2.68. The average Bonchev–Trinajstić information content (AvgIpc) is 2.70. The number of hydrogen-bond donors (Lipinski definition) is 1. The van der Waals surface area contributed by atoms with Crippen molar-refractivity contribution in [1.29, 1.82) is 0 Å². The molecule has 2 rings (SSSR count). The van der Waals surface area contributed by atoms with E-state index >= 15 is 0 Å². The lowest BCUT2D eigenvalue weighted by Gasteiger charge is -2.00. The van der Waals surface area contributed by atoms with Gasteiger partial charge in [-0.3, -0.25) is 4.79 Å². The maximum atomic E-state index is 10.7. The van der Waals surface area contributed by atoms with Gasteiger partial charge in [0.15, 0.2) is 0 Å². The highest BCUT2D eigenvalue weighted by Gasteiger charge is 2.12. The first-order chi connectivity index (χ1) is 8.60. The first-order valence-corrected chi connectivity index (χ1v) is 6.24. The van der Waals surface area contributed by atoms with E-state index in [9.17, 15) is 4.79 Å². The molecular formula is C13H13NO3S. The molecule has 0 spiro atoms. The van der Waals surface area contributed by atoms with Crippen LogP contribution in [0.3, 0.4) is 0 Å². The normalized spacial score (nSPS) is 10.3. The molecule has 0 aliphatic rings. The van der Waals surface area contributed by atoms with Gasteiger partial charge in [-0.25, -0.2) is 4.98 Å². The lowest BCUT2D eigenvalue weighted by atomic mass is 10.2. The Bertz CT molecular complexity index is 577. The van der Waals surface area contributed by atoms with Crippen LogP contribution in [0.4, 0.5) is 0 Å². The fourth-order valence-corrected chi connectivity index (χ4v) is 2.66. The number of aromatic nitrogens is 1. The van der Waals surface area contributed by atoms with Gasteiger partial charge in [-0.2, -0.15) is 0 Å². The van der Waals surface area contributed by atoms with E-state index in [1.807, 2.05) is 31.2 Å². The summed E-state index contributed by atoms with van der Waals surface area (Å²) in [6, 6.07) is 7.58. The van der Waals surface area contributed by atoms with Crippen LogP contribution in [0.2, 0.25) is 0 Å². The zero-order chi connectivity index (χ0) is 13.1. The number of carbonyl (C=O) groups is 1. The summed E-state index contributed by atoms with van der Waals surface area (Å²) in [7, 11) is 1.61. The van der Waals surface area contributed by atoms with Crippen LogP contribution in [-0.4, -0.2) is 23.2 Å². The molecule has 0 saturated heterocycles. The van der Waals surface area contributed by atoms with Crippen molar-refractivity contribution in [3.8, 4) is 16.3 Å². The van der Waals surface area contributed by atoms with Crippen LogP contribution < -0.4 is 4.74 Å². The monoisotopic (exact) mass is 263 g/mol. The standard InChI is InChI=1S/C13H13NO3S/c1-8-11(7-12(15)16)18-13(14-8)9-4-3-5-10(6-9)17-2/h3-6H,7H2,1-2H3,(H,15,16). The van der Waals surface area contributed by atoms with Gasteiger partial charge in [-0.15, -0.1) is 11.3 Å². The summed E-state index contributed by atoms with van der Waals surface area (Å²) in [5.74, 6) is -0.0703. The molecule has 0 saturated carbocycles. The van der Waals surface area contributed by atoms with E-state index in [1.165, 1.54) is 11.3 Å². The van der Waals surface area contributed by atoms with Crippen LogP contribution in [0.5, 0.6) is 5.75 Å². The molecule has 94 valence electrons. The number of nitrogens with zero attached hydrogens (tertiary/aromatic N) is 1. The molecule has 5 heteroatoms.